The van der Waals surface area contributed by atoms with Crippen molar-refractivity contribution in [1.82, 2.24) is 0 Å². The van der Waals surface area contributed by atoms with Crippen LogP contribution in [0.1, 0.15) is 58.3 Å². The van der Waals surface area contributed by atoms with Gasteiger partial charge in [-0.15, -0.1) is 5.73 Å². The van der Waals surface area contributed by atoms with E-state index in [1.54, 1.807) is 6.08 Å². The standard InChI is InChI=1S/C20H30O3/c1-2-3-4-5-6-8-12-17-14-11-15-18(17)13-9-7-10-16-19(21)20(22)23/h8-12,14,17-19,21H,2-6,13,15-16H2,1H3,(H,22,23)/t7?,17-,18-,19?/m0/s1. The van der Waals surface area contributed by atoms with Gasteiger partial charge >= 0.3 is 5.97 Å². The highest BCUT2D eigenvalue weighted by Crippen LogP contribution is 2.29. The smallest absolute Gasteiger partial charge is 0.332 e. The van der Waals surface area contributed by atoms with Crippen LogP contribution in [0.5, 0.6) is 0 Å². The Labute approximate surface area is 140 Å². The first kappa shape index (κ1) is 19.5. The Morgan fingerprint density at radius 3 is 2.91 bits per heavy atom. The third kappa shape index (κ3) is 8.59. The second kappa shape index (κ2) is 11.9. The van der Waals surface area contributed by atoms with E-state index < -0.39 is 12.1 Å². The molecule has 23 heavy (non-hydrogen) atoms. The van der Waals surface area contributed by atoms with Gasteiger partial charge in [0.1, 0.15) is 0 Å². The minimum absolute atomic E-state index is 0.107. The summed E-state index contributed by atoms with van der Waals surface area (Å²) in [6, 6.07) is 0. The van der Waals surface area contributed by atoms with Gasteiger partial charge in [0.05, 0.1) is 0 Å². The van der Waals surface area contributed by atoms with Crippen molar-refractivity contribution in [3.8, 4) is 0 Å². The summed E-state index contributed by atoms with van der Waals surface area (Å²) in [4.78, 5) is 10.5. The topological polar surface area (TPSA) is 57.5 Å². The van der Waals surface area contributed by atoms with Gasteiger partial charge in [0, 0.05) is 6.42 Å². The van der Waals surface area contributed by atoms with Gasteiger partial charge in [-0.25, -0.2) is 4.79 Å². The van der Waals surface area contributed by atoms with E-state index in [9.17, 15) is 4.79 Å². The molecule has 0 heterocycles. The normalized spacial score (nSPS) is 21.3. The lowest BCUT2D eigenvalue weighted by molar-refractivity contribution is -0.146. The summed E-state index contributed by atoms with van der Waals surface area (Å²) >= 11 is 0. The molecular weight excluding hydrogens is 288 g/mol. The lowest BCUT2D eigenvalue weighted by atomic mass is 9.91. The first-order chi connectivity index (χ1) is 11.1. The number of rotatable bonds is 11. The number of carbonyl (C=O) groups is 1. The van der Waals surface area contributed by atoms with Crippen LogP contribution < -0.4 is 0 Å². The second-order valence-electron chi connectivity index (χ2n) is 6.18. The van der Waals surface area contributed by atoms with Gasteiger partial charge < -0.3 is 10.2 Å². The molecule has 0 aromatic carbocycles. The van der Waals surface area contributed by atoms with Gasteiger partial charge in [-0.1, -0.05) is 50.5 Å². The minimum Gasteiger partial charge on any atom is -0.479 e. The summed E-state index contributed by atoms with van der Waals surface area (Å²) in [5.74, 6) is -0.108. The van der Waals surface area contributed by atoms with Crippen molar-refractivity contribution in [1.29, 1.82) is 0 Å². The third-order valence-corrected chi connectivity index (χ3v) is 4.21. The Kier molecular flexibility index (Phi) is 10.1. The lowest BCUT2D eigenvalue weighted by Crippen LogP contribution is -2.17. The number of hydrogen-bond donors (Lipinski definition) is 2. The van der Waals surface area contributed by atoms with E-state index in [4.69, 9.17) is 10.2 Å². The van der Waals surface area contributed by atoms with Crippen molar-refractivity contribution in [2.75, 3.05) is 0 Å². The Balaban J connectivity index is 2.29. The molecule has 3 heteroatoms. The van der Waals surface area contributed by atoms with E-state index in [-0.39, 0.29) is 6.42 Å². The molecule has 2 N–H and O–H groups in total. The van der Waals surface area contributed by atoms with Crippen LogP contribution in [0.4, 0.5) is 0 Å². The van der Waals surface area contributed by atoms with Crippen LogP contribution in [0.15, 0.2) is 42.2 Å². The predicted octanol–water partition coefficient (Wildman–Crippen LogP) is 4.64. The molecule has 1 unspecified atom stereocenters. The molecule has 0 saturated heterocycles. The van der Waals surface area contributed by atoms with E-state index in [1.807, 2.05) is 6.08 Å². The molecule has 0 fully saturated rings. The largest absolute Gasteiger partial charge is 0.479 e. The molecule has 0 bridgehead atoms. The van der Waals surface area contributed by atoms with Crippen molar-refractivity contribution in [3.05, 3.63) is 42.2 Å². The molecule has 3 atom stereocenters. The Bertz CT molecular complexity index is 456. The number of carboxylic acids is 1. The molecule has 1 aliphatic rings. The SMILES string of the molecule is CCCCCCC=C[C@H]1C=CC[C@@H]1CC=C=CCC(O)C(=O)O. The molecule has 0 radical (unpaired) electrons. The first-order valence-electron chi connectivity index (χ1n) is 8.78. The molecule has 0 saturated carbocycles. The van der Waals surface area contributed by atoms with Gasteiger partial charge in [-0.3, -0.25) is 0 Å². The number of hydrogen-bond acceptors (Lipinski definition) is 2. The van der Waals surface area contributed by atoms with Crippen molar-refractivity contribution in [2.45, 2.75) is 64.4 Å². The fourth-order valence-electron chi connectivity index (χ4n) is 2.72. The van der Waals surface area contributed by atoms with Crippen LogP contribution >= 0.6 is 0 Å². The number of aliphatic hydroxyl groups is 1. The maximum absolute atomic E-state index is 10.5. The maximum Gasteiger partial charge on any atom is 0.332 e. The van der Waals surface area contributed by atoms with E-state index >= 15 is 0 Å². The fourth-order valence-corrected chi connectivity index (χ4v) is 2.72. The summed E-state index contributed by atoms with van der Waals surface area (Å²) < 4.78 is 0. The van der Waals surface area contributed by atoms with Gasteiger partial charge in [0.15, 0.2) is 6.10 Å². The Morgan fingerprint density at radius 2 is 2.17 bits per heavy atom. The van der Waals surface area contributed by atoms with Crippen molar-refractivity contribution < 1.29 is 15.0 Å². The number of unbranched alkanes of at least 4 members (excludes halogenated alkanes) is 4. The predicted molar refractivity (Wildman–Crippen MR) is 94.2 cm³/mol. The van der Waals surface area contributed by atoms with Gasteiger partial charge in [-0.05, 0) is 49.7 Å². The molecule has 0 amide bonds. The van der Waals surface area contributed by atoms with E-state index in [1.165, 1.54) is 32.1 Å². The van der Waals surface area contributed by atoms with Gasteiger partial charge in [-0.2, -0.15) is 0 Å². The Hall–Kier alpha value is -1.57. The molecule has 0 aliphatic heterocycles. The molecule has 128 valence electrons. The number of aliphatic hydroxyl groups excluding tert-OH is 1. The summed E-state index contributed by atoms with van der Waals surface area (Å²) in [6.07, 6.45) is 19.9. The zero-order valence-corrected chi connectivity index (χ0v) is 14.2. The van der Waals surface area contributed by atoms with Crippen LogP contribution in [0.25, 0.3) is 0 Å². The highest BCUT2D eigenvalue weighted by molar-refractivity contribution is 5.72. The van der Waals surface area contributed by atoms with Crippen LogP contribution in [-0.4, -0.2) is 22.3 Å². The second-order valence-corrected chi connectivity index (χ2v) is 6.18. The molecule has 0 aromatic heterocycles. The summed E-state index contributed by atoms with van der Waals surface area (Å²) in [6.45, 7) is 2.23. The molecule has 1 aliphatic carbocycles. The van der Waals surface area contributed by atoms with Gasteiger partial charge in [0.25, 0.3) is 0 Å². The average molecular weight is 318 g/mol. The van der Waals surface area contributed by atoms with Gasteiger partial charge in [0.2, 0.25) is 0 Å². The lowest BCUT2D eigenvalue weighted by Gasteiger charge is -2.13. The number of aliphatic carboxylic acids is 1. The van der Waals surface area contributed by atoms with E-state index in [0.29, 0.717) is 11.8 Å². The van der Waals surface area contributed by atoms with E-state index in [2.05, 4.69) is 37.0 Å². The van der Waals surface area contributed by atoms with Crippen LogP contribution in [-0.2, 0) is 4.79 Å². The monoisotopic (exact) mass is 318 g/mol. The summed E-state index contributed by atoms with van der Waals surface area (Å²) in [7, 11) is 0. The van der Waals surface area contributed by atoms with E-state index in [0.717, 1.165) is 12.8 Å². The molecule has 3 nitrogen and oxygen atoms in total. The van der Waals surface area contributed by atoms with Crippen molar-refractivity contribution in [2.24, 2.45) is 11.8 Å². The quantitative estimate of drug-likeness (QED) is 0.331. The maximum atomic E-state index is 10.5. The number of allylic oxidation sites excluding steroid dienone is 4. The number of carboxylic acid groups (broad SMARTS) is 1. The highest BCUT2D eigenvalue weighted by Gasteiger charge is 2.18. The molecule has 0 spiro atoms. The average Bonchev–Trinajstić information content (AvgIpc) is 2.97. The molecular formula is C20H30O3. The highest BCUT2D eigenvalue weighted by atomic mass is 16.4. The summed E-state index contributed by atoms with van der Waals surface area (Å²) in [5.41, 5.74) is 2.98. The fraction of sp³-hybridized carbons (Fsp3) is 0.600. The zero-order valence-electron chi connectivity index (χ0n) is 14.2. The van der Waals surface area contributed by atoms with Crippen LogP contribution in [0.2, 0.25) is 0 Å². The molecule has 0 aromatic rings. The van der Waals surface area contributed by atoms with Crippen LogP contribution in [0, 0.1) is 11.8 Å². The summed E-state index contributed by atoms with van der Waals surface area (Å²) in [5, 5.41) is 17.7. The molecule has 1 rings (SSSR count). The third-order valence-electron chi connectivity index (χ3n) is 4.21. The van der Waals surface area contributed by atoms with Crippen LogP contribution in [0.3, 0.4) is 0 Å². The Morgan fingerprint density at radius 1 is 1.35 bits per heavy atom. The minimum atomic E-state index is -1.33. The van der Waals surface area contributed by atoms with Crippen molar-refractivity contribution >= 4 is 5.97 Å². The first-order valence-corrected chi connectivity index (χ1v) is 8.78. The zero-order chi connectivity index (χ0) is 16.9. The van der Waals surface area contributed by atoms with Crippen molar-refractivity contribution in [3.63, 3.8) is 0 Å².